The van der Waals surface area contributed by atoms with Crippen molar-refractivity contribution in [2.45, 2.75) is 37.9 Å². The number of hydrogen-bond donors (Lipinski definition) is 0. The molecule has 0 aromatic heterocycles. The van der Waals surface area contributed by atoms with Crippen LogP contribution in [0.1, 0.15) is 25.7 Å². The topological polar surface area (TPSA) is 26.3 Å². The summed E-state index contributed by atoms with van der Waals surface area (Å²) in [5.74, 6) is 0.499. The van der Waals surface area contributed by atoms with Crippen LogP contribution in [0.5, 0.6) is 0 Å². The van der Waals surface area contributed by atoms with Crippen molar-refractivity contribution in [2.24, 2.45) is 5.92 Å². The summed E-state index contributed by atoms with van der Waals surface area (Å²) in [4.78, 5) is 11.5. The normalized spacial score (nSPS) is 38.5. The number of carbonyl (C=O) groups excluding carboxylic acids is 1. The summed E-state index contributed by atoms with van der Waals surface area (Å²) in [5, 5.41) is 0. The molecule has 2 bridgehead atoms. The smallest absolute Gasteiger partial charge is 0.142 e. The highest BCUT2D eigenvalue weighted by Gasteiger charge is 2.43. The molecule has 66 valence electrons. The minimum Gasteiger partial charge on any atom is -0.374 e. The van der Waals surface area contributed by atoms with Gasteiger partial charge in [0.05, 0.1) is 12.2 Å². The Morgan fingerprint density at radius 1 is 1.58 bits per heavy atom. The molecule has 2 saturated heterocycles. The first kappa shape index (κ1) is 7.99. The van der Waals surface area contributed by atoms with Gasteiger partial charge in [0.15, 0.2) is 0 Å². The van der Waals surface area contributed by atoms with E-state index in [0.717, 1.165) is 19.3 Å². The van der Waals surface area contributed by atoms with Gasteiger partial charge in [-0.25, -0.2) is 0 Å². The van der Waals surface area contributed by atoms with E-state index in [0.29, 0.717) is 18.3 Å². The summed E-state index contributed by atoms with van der Waals surface area (Å²) in [6.07, 6.45) is 6.01. The van der Waals surface area contributed by atoms with Crippen LogP contribution in [0.4, 0.5) is 0 Å². The molecule has 0 aromatic rings. The molecule has 0 spiro atoms. The Kier molecular flexibility index (Phi) is 2.01. The lowest BCUT2D eigenvalue weighted by molar-refractivity contribution is -0.123. The van der Waals surface area contributed by atoms with Gasteiger partial charge in [-0.1, -0.05) is 6.08 Å². The van der Waals surface area contributed by atoms with E-state index in [9.17, 15) is 4.79 Å². The number of Topliss-reactive ketones (excluding diaryl/α,β-unsaturated/α-hetero) is 1. The van der Waals surface area contributed by atoms with Gasteiger partial charge in [-0.05, 0) is 19.3 Å². The van der Waals surface area contributed by atoms with Crippen molar-refractivity contribution in [3.63, 3.8) is 0 Å². The average Bonchev–Trinajstić information content (AvgIpc) is 2.64. The third kappa shape index (κ3) is 1.20. The van der Waals surface area contributed by atoms with Crippen LogP contribution in [0, 0.1) is 5.92 Å². The molecule has 3 unspecified atom stereocenters. The molecule has 0 radical (unpaired) electrons. The first-order valence-electron chi connectivity index (χ1n) is 4.60. The fourth-order valence-corrected chi connectivity index (χ4v) is 2.27. The third-order valence-corrected chi connectivity index (χ3v) is 2.87. The summed E-state index contributed by atoms with van der Waals surface area (Å²) in [6, 6.07) is 0. The van der Waals surface area contributed by atoms with E-state index in [2.05, 4.69) is 6.58 Å². The van der Waals surface area contributed by atoms with Gasteiger partial charge in [0.2, 0.25) is 0 Å². The first-order chi connectivity index (χ1) is 5.81. The molecular formula is C10H14O2. The predicted octanol–water partition coefficient (Wildman–Crippen LogP) is 1.70. The fraction of sp³-hybridized carbons (Fsp3) is 0.700. The Labute approximate surface area is 72.6 Å². The lowest BCUT2D eigenvalue weighted by Gasteiger charge is -2.15. The van der Waals surface area contributed by atoms with Crippen LogP contribution in [0.3, 0.4) is 0 Å². The molecule has 0 saturated carbocycles. The molecular weight excluding hydrogens is 152 g/mol. The lowest BCUT2D eigenvalue weighted by Crippen LogP contribution is -2.24. The van der Waals surface area contributed by atoms with Crippen LogP contribution in [-0.2, 0) is 9.53 Å². The van der Waals surface area contributed by atoms with E-state index in [-0.39, 0.29) is 12.0 Å². The van der Waals surface area contributed by atoms with Gasteiger partial charge < -0.3 is 4.74 Å². The molecule has 0 amide bonds. The predicted molar refractivity (Wildman–Crippen MR) is 45.8 cm³/mol. The maximum atomic E-state index is 11.5. The van der Waals surface area contributed by atoms with E-state index in [1.54, 1.807) is 6.08 Å². The molecule has 2 heteroatoms. The summed E-state index contributed by atoms with van der Waals surface area (Å²) >= 11 is 0. The highest BCUT2D eigenvalue weighted by Crippen LogP contribution is 2.39. The Balaban J connectivity index is 1.97. The number of rotatable bonds is 3. The van der Waals surface area contributed by atoms with Crippen LogP contribution in [-0.4, -0.2) is 18.0 Å². The van der Waals surface area contributed by atoms with Gasteiger partial charge >= 0.3 is 0 Å². The third-order valence-electron chi connectivity index (χ3n) is 2.87. The van der Waals surface area contributed by atoms with Crippen LogP contribution in [0.15, 0.2) is 12.7 Å². The van der Waals surface area contributed by atoms with Crippen LogP contribution in [0.25, 0.3) is 0 Å². The van der Waals surface area contributed by atoms with E-state index in [1.807, 2.05) is 0 Å². The van der Waals surface area contributed by atoms with Gasteiger partial charge in [-0.2, -0.15) is 0 Å². The summed E-state index contributed by atoms with van der Waals surface area (Å²) in [5.41, 5.74) is 0. The summed E-state index contributed by atoms with van der Waals surface area (Å²) < 4.78 is 5.60. The van der Waals surface area contributed by atoms with Gasteiger partial charge in [-0.15, -0.1) is 6.58 Å². The van der Waals surface area contributed by atoms with Gasteiger partial charge in [-0.3, -0.25) is 4.79 Å². The maximum absolute atomic E-state index is 11.5. The molecule has 2 rings (SSSR count). The molecule has 0 aromatic carbocycles. The highest BCUT2D eigenvalue weighted by molar-refractivity contribution is 5.83. The number of ketones is 1. The average molecular weight is 166 g/mol. The van der Waals surface area contributed by atoms with E-state index in [4.69, 9.17) is 4.74 Å². The van der Waals surface area contributed by atoms with Crippen LogP contribution < -0.4 is 0 Å². The summed E-state index contributed by atoms with van der Waals surface area (Å²) in [7, 11) is 0. The molecule has 2 aliphatic rings. The standard InChI is InChI=1S/C10H14O2/c1-2-3-9(11)8-6-7-4-5-10(8)12-7/h2,7-8,10H,1,3-6H2. The van der Waals surface area contributed by atoms with Gasteiger partial charge in [0, 0.05) is 12.3 Å². The molecule has 2 nitrogen and oxygen atoms in total. The fourth-order valence-electron chi connectivity index (χ4n) is 2.27. The molecule has 0 N–H and O–H groups in total. The highest BCUT2D eigenvalue weighted by atomic mass is 16.5. The molecule has 0 aliphatic carbocycles. The van der Waals surface area contributed by atoms with Crippen molar-refractivity contribution >= 4 is 5.78 Å². The van der Waals surface area contributed by atoms with Crippen molar-refractivity contribution < 1.29 is 9.53 Å². The molecule has 2 fully saturated rings. The second kappa shape index (κ2) is 3.02. The number of fused-ring (bicyclic) bond motifs is 2. The Morgan fingerprint density at radius 3 is 2.92 bits per heavy atom. The van der Waals surface area contributed by atoms with Crippen molar-refractivity contribution in [2.75, 3.05) is 0 Å². The maximum Gasteiger partial charge on any atom is 0.142 e. The van der Waals surface area contributed by atoms with E-state index >= 15 is 0 Å². The zero-order valence-corrected chi connectivity index (χ0v) is 7.16. The number of ether oxygens (including phenoxy) is 1. The quantitative estimate of drug-likeness (QED) is 0.596. The van der Waals surface area contributed by atoms with Gasteiger partial charge in [0.25, 0.3) is 0 Å². The first-order valence-corrected chi connectivity index (χ1v) is 4.60. The Morgan fingerprint density at radius 2 is 2.42 bits per heavy atom. The summed E-state index contributed by atoms with van der Waals surface area (Å²) in [6.45, 7) is 3.57. The molecule has 2 heterocycles. The zero-order chi connectivity index (χ0) is 8.55. The van der Waals surface area contributed by atoms with Crippen molar-refractivity contribution in [3.05, 3.63) is 12.7 Å². The number of hydrogen-bond acceptors (Lipinski definition) is 2. The molecule has 3 atom stereocenters. The second-order valence-corrected chi connectivity index (χ2v) is 3.68. The van der Waals surface area contributed by atoms with E-state index < -0.39 is 0 Å². The van der Waals surface area contributed by atoms with Crippen LogP contribution >= 0.6 is 0 Å². The zero-order valence-electron chi connectivity index (χ0n) is 7.16. The minimum atomic E-state index is 0.182. The van der Waals surface area contributed by atoms with E-state index in [1.165, 1.54) is 0 Å². The van der Waals surface area contributed by atoms with Crippen LogP contribution in [0.2, 0.25) is 0 Å². The Bertz CT molecular complexity index is 210. The Hall–Kier alpha value is -0.630. The number of allylic oxidation sites excluding steroid dienone is 1. The SMILES string of the molecule is C=CCC(=O)C1CC2CCC1O2. The van der Waals surface area contributed by atoms with Crippen molar-refractivity contribution in [1.82, 2.24) is 0 Å². The number of carbonyl (C=O) groups is 1. The van der Waals surface area contributed by atoms with Crippen molar-refractivity contribution in [3.8, 4) is 0 Å². The molecule has 2 aliphatic heterocycles. The lowest BCUT2D eigenvalue weighted by atomic mass is 9.85. The minimum absolute atomic E-state index is 0.182. The monoisotopic (exact) mass is 166 g/mol. The largest absolute Gasteiger partial charge is 0.374 e. The van der Waals surface area contributed by atoms with Crippen molar-refractivity contribution in [1.29, 1.82) is 0 Å². The van der Waals surface area contributed by atoms with Gasteiger partial charge in [0.1, 0.15) is 5.78 Å². The second-order valence-electron chi connectivity index (χ2n) is 3.68. The molecule has 12 heavy (non-hydrogen) atoms.